The Bertz CT molecular complexity index is 1040. The number of nitrogens with one attached hydrogen (secondary N) is 1. The van der Waals surface area contributed by atoms with E-state index in [0.29, 0.717) is 29.9 Å². The smallest absolute Gasteiger partial charge is 0.290 e. The zero-order valence-corrected chi connectivity index (χ0v) is 16.5. The van der Waals surface area contributed by atoms with Crippen molar-refractivity contribution in [2.24, 2.45) is 0 Å². The molecule has 0 spiro atoms. The number of alkyl halides is 2. The van der Waals surface area contributed by atoms with Crippen molar-refractivity contribution in [3.8, 4) is 11.3 Å². The highest BCUT2D eigenvalue weighted by Crippen LogP contribution is 2.45. The van der Waals surface area contributed by atoms with Gasteiger partial charge in [-0.3, -0.25) is 8.93 Å². The topological polar surface area (TPSA) is 78.3 Å². The summed E-state index contributed by atoms with van der Waals surface area (Å²) in [4.78, 5) is 11.3. The zero-order chi connectivity index (χ0) is 19.8. The number of anilines is 1. The molecule has 0 radical (unpaired) electrons. The Hall–Kier alpha value is -1.97. The Morgan fingerprint density at radius 2 is 2.14 bits per heavy atom. The molecule has 0 unspecified atom stereocenters. The molecule has 0 bridgehead atoms. The monoisotopic (exact) mass is 408 g/mol. The lowest BCUT2D eigenvalue weighted by atomic mass is 10.0. The van der Waals surface area contributed by atoms with Gasteiger partial charge in [-0.15, -0.1) is 0 Å². The molecule has 0 saturated carbocycles. The average molecular weight is 408 g/mol. The first-order valence-electron chi connectivity index (χ1n) is 9.38. The molecule has 3 heterocycles. The summed E-state index contributed by atoms with van der Waals surface area (Å²) < 4.78 is 44.8. The van der Waals surface area contributed by atoms with Crippen LogP contribution in [0.2, 0.25) is 0 Å². The van der Waals surface area contributed by atoms with Crippen LogP contribution in [0.15, 0.2) is 23.1 Å². The van der Waals surface area contributed by atoms with E-state index < -0.39 is 22.1 Å². The molecular weight excluding hydrogens is 386 g/mol. The van der Waals surface area contributed by atoms with Gasteiger partial charge in [-0.1, -0.05) is 12.1 Å². The molecule has 28 heavy (non-hydrogen) atoms. The highest BCUT2D eigenvalue weighted by Gasteiger charge is 2.45. The Kier molecular flexibility index (Phi) is 3.73. The van der Waals surface area contributed by atoms with Crippen LogP contribution in [-0.4, -0.2) is 44.2 Å². The van der Waals surface area contributed by atoms with Crippen molar-refractivity contribution in [1.29, 1.82) is 0 Å². The van der Waals surface area contributed by atoms with Gasteiger partial charge in [-0.05, 0) is 35.1 Å². The predicted molar refractivity (Wildman–Crippen MR) is 103 cm³/mol. The van der Waals surface area contributed by atoms with E-state index in [1.165, 1.54) is 0 Å². The molecule has 1 aliphatic carbocycles. The van der Waals surface area contributed by atoms with E-state index in [1.54, 1.807) is 11.2 Å². The van der Waals surface area contributed by atoms with E-state index in [-0.39, 0.29) is 30.5 Å². The lowest BCUT2D eigenvalue weighted by molar-refractivity contribution is -0.00603. The van der Waals surface area contributed by atoms with Crippen LogP contribution in [0.1, 0.15) is 30.2 Å². The van der Waals surface area contributed by atoms with Crippen molar-refractivity contribution in [2.75, 3.05) is 17.7 Å². The third-order valence-electron chi connectivity index (χ3n) is 6.11. The van der Waals surface area contributed by atoms with Crippen molar-refractivity contribution >= 4 is 16.1 Å². The van der Waals surface area contributed by atoms with Gasteiger partial charge in [0, 0.05) is 41.8 Å². The third kappa shape index (κ3) is 2.53. The zero-order valence-electron chi connectivity index (χ0n) is 15.6. The van der Waals surface area contributed by atoms with Gasteiger partial charge in [0.05, 0.1) is 17.8 Å². The molecule has 1 aromatic carbocycles. The minimum Gasteiger partial charge on any atom is -0.389 e. The first-order chi connectivity index (χ1) is 13.2. The molecule has 150 valence electrons. The molecule has 0 amide bonds. The van der Waals surface area contributed by atoms with E-state index in [1.807, 2.05) is 25.1 Å². The quantitative estimate of drug-likeness (QED) is 0.661. The number of aliphatic hydroxyl groups excluding tert-OH is 1. The van der Waals surface area contributed by atoms with Crippen molar-refractivity contribution in [3.63, 3.8) is 0 Å². The number of hydrogen-bond acceptors (Lipinski definition) is 5. The van der Waals surface area contributed by atoms with Crippen molar-refractivity contribution in [1.82, 2.24) is 14.7 Å². The number of benzene rings is 1. The fraction of sp³-hybridized carbons (Fsp3) is 0.474. The molecule has 9 heteroatoms. The van der Waals surface area contributed by atoms with E-state index in [2.05, 4.69) is 14.7 Å². The largest absolute Gasteiger partial charge is 0.389 e. The minimum atomic E-state index is -2.99. The van der Waals surface area contributed by atoms with E-state index in [0.717, 1.165) is 10.5 Å². The lowest BCUT2D eigenvalue weighted by Gasteiger charge is -2.43. The van der Waals surface area contributed by atoms with Gasteiger partial charge in [0.2, 0.25) is 5.95 Å². The van der Waals surface area contributed by atoms with Crippen LogP contribution in [0.25, 0.3) is 11.3 Å². The first kappa shape index (κ1) is 18.1. The maximum Gasteiger partial charge on any atom is 0.290 e. The lowest BCUT2D eigenvalue weighted by Crippen LogP contribution is -2.59. The van der Waals surface area contributed by atoms with E-state index >= 15 is 0 Å². The van der Waals surface area contributed by atoms with E-state index in [9.17, 15) is 18.1 Å². The summed E-state index contributed by atoms with van der Waals surface area (Å²) in [5, 5.41) is 9.81. The molecule has 1 saturated heterocycles. The number of nitrogens with zero attached hydrogens (tertiary/aromatic N) is 3. The van der Waals surface area contributed by atoms with Gasteiger partial charge in [-0.25, -0.2) is 9.97 Å². The summed E-state index contributed by atoms with van der Waals surface area (Å²) in [7, 11) is -2.65. The first-order valence-corrected chi connectivity index (χ1v) is 11.5. The normalized spacial score (nSPS) is 27.8. The van der Waals surface area contributed by atoms with Crippen LogP contribution in [0.3, 0.4) is 0 Å². The second-order valence-electron chi connectivity index (χ2n) is 7.97. The number of thiol groups is 1. The van der Waals surface area contributed by atoms with Gasteiger partial charge in [-0.2, -0.15) is 8.78 Å². The number of fused-ring (bicyclic) bond motifs is 2. The highest BCUT2D eigenvalue weighted by atomic mass is 32.3. The summed E-state index contributed by atoms with van der Waals surface area (Å²) in [6.07, 6.45) is 1.08. The summed E-state index contributed by atoms with van der Waals surface area (Å²) >= 11 is 0. The molecule has 1 fully saturated rings. The van der Waals surface area contributed by atoms with Crippen molar-refractivity contribution < 1.29 is 18.1 Å². The maximum absolute atomic E-state index is 14.5. The van der Waals surface area contributed by atoms with Crippen molar-refractivity contribution in [3.05, 3.63) is 35.0 Å². The second-order valence-corrected chi connectivity index (χ2v) is 10.6. The Labute approximate surface area is 162 Å². The fourth-order valence-electron chi connectivity index (χ4n) is 4.21. The van der Waals surface area contributed by atoms with Crippen molar-refractivity contribution in [2.45, 2.75) is 49.3 Å². The molecule has 2 aromatic rings. The predicted octanol–water partition coefficient (Wildman–Crippen LogP) is 1.77. The average Bonchev–Trinajstić information content (AvgIpc) is 3.14. The number of hydrogen-bond donors (Lipinski definition) is 3. The Balaban J connectivity index is 1.68. The maximum atomic E-state index is 14.5. The van der Waals surface area contributed by atoms with Gasteiger partial charge < -0.3 is 10.0 Å². The molecule has 2 N–H and O–H groups in total. The standard InChI is InChI=1S/C19H22F2N4O2S/c1-10-14(26)9-25(10)18-23-16(13-5-6-19(20,21)17(13)24-18)11-3-4-12-8-22-28(2,27)15(12)7-11/h3-4,7,10,14,26,28H,5-6,8-9H2,1-2H3,(H,22,27)/t10-,14+/m0/s1. The van der Waals surface area contributed by atoms with Crippen LogP contribution in [0.4, 0.5) is 14.7 Å². The molecule has 6 nitrogen and oxygen atoms in total. The van der Waals surface area contributed by atoms with Gasteiger partial charge in [0.15, 0.2) is 0 Å². The SMILES string of the molecule is C[C@H]1[C@H](O)CN1c1nc(-c2ccc3c(c2)[SH](C)(=O)NC3)c2c(n1)C(F)(F)CC2. The Morgan fingerprint density at radius 3 is 2.86 bits per heavy atom. The molecule has 3 aliphatic rings. The van der Waals surface area contributed by atoms with Gasteiger partial charge >= 0.3 is 0 Å². The molecule has 1 aromatic heterocycles. The highest BCUT2D eigenvalue weighted by molar-refractivity contribution is 8.00. The summed E-state index contributed by atoms with van der Waals surface area (Å²) in [5.41, 5.74) is 2.35. The number of rotatable bonds is 2. The van der Waals surface area contributed by atoms with E-state index in [4.69, 9.17) is 0 Å². The molecular formula is C19H22F2N4O2S. The summed E-state index contributed by atoms with van der Waals surface area (Å²) in [6.45, 7) is 2.68. The molecule has 2 aliphatic heterocycles. The number of β-amino-alcohol motifs (C(OH)–C–C–N with tert-alkyl or cyclic N) is 1. The second kappa shape index (κ2) is 5.77. The Morgan fingerprint density at radius 1 is 1.36 bits per heavy atom. The molecule has 5 rings (SSSR count). The number of halogens is 2. The third-order valence-corrected chi connectivity index (χ3v) is 8.21. The van der Waals surface area contributed by atoms with Crippen LogP contribution in [-0.2, 0) is 29.0 Å². The fourth-order valence-corrected chi connectivity index (χ4v) is 5.94. The van der Waals surface area contributed by atoms with Crippen LogP contribution in [0, 0.1) is 0 Å². The minimum absolute atomic E-state index is 0.204. The molecule has 2 atom stereocenters. The van der Waals surface area contributed by atoms with Gasteiger partial charge in [0.1, 0.15) is 5.69 Å². The van der Waals surface area contributed by atoms with Gasteiger partial charge in [0.25, 0.3) is 5.92 Å². The van der Waals surface area contributed by atoms with Crippen LogP contribution >= 0.6 is 0 Å². The van der Waals surface area contributed by atoms with Crippen LogP contribution in [0.5, 0.6) is 0 Å². The number of aromatic nitrogens is 2. The summed E-state index contributed by atoms with van der Waals surface area (Å²) in [6, 6.07) is 5.33. The summed E-state index contributed by atoms with van der Waals surface area (Å²) in [5.74, 6) is -2.78. The van der Waals surface area contributed by atoms with Crippen LogP contribution < -0.4 is 9.62 Å². The number of aliphatic hydroxyl groups is 1.